The number of hydrogen-bond acceptors (Lipinski definition) is 4. The maximum Gasteiger partial charge on any atom is 0.228 e. The second-order valence-electron chi connectivity index (χ2n) is 5.65. The molecule has 0 aliphatic carbocycles. The first-order valence-corrected chi connectivity index (χ1v) is 9.53. The first-order valence-electron chi connectivity index (χ1n) is 7.86. The van der Waals surface area contributed by atoms with Crippen LogP contribution < -0.4 is 0 Å². The molecule has 1 saturated heterocycles. The fraction of sp³-hybridized carbons (Fsp3) is 0.412. The molecule has 1 aliphatic rings. The van der Waals surface area contributed by atoms with E-state index >= 15 is 0 Å². The third-order valence-electron chi connectivity index (χ3n) is 4.13. The number of carbonyl (C=O) groups excluding carboxylic acids is 1. The van der Waals surface area contributed by atoms with Crippen LogP contribution in [0, 0.1) is 0 Å². The van der Waals surface area contributed by atoms with Crippen molar-refractivity contribution in [2.24, 2.45) is 0 Å². The number of aromatic nitrogens is 1. The Morgan fingerprint density at radius 2 is 2.09 bits per heavy atom. The van der Waals surface area contributed by atoms with Gasteiger partial charge in [-0.15, -0.1) is 11.3 Å². The molecule has 6 heteroatoms. The highest BCUT2D eigenvalue weighted by atomic mass is 79.9. The normalized spacial score (nSPS) is 15.8. The number of hydrogen-bond donors (Lipinski definition) is 0. The molecule has 2 heterocycles. The van der Waals surface area contributed by atoms with Crippen molar-refractivity contribution in [2.75, 3.05) is 32.7 Å². The molecular formula is C17H20BrN3OS. The summed E-state index contributed by atoms with van der Waals surface area (Å²) in [7, 11) is 0. The van der Waals surface area contributed by atoms with E-state index in [0.717, 1.165) is 53.5 Å². The molecule has 0 atom stereocenters. The molecule has 0 N–H and O–H groups in total. The Labute approximate surface area is 149 Å². The van der Waals surface area contributed by atoms with Crippen LogP contribution in [-0.2, 0) is 11.2 Å². The van der Waals surface area contributed by atoms with Crippen molar-refractivity contribution >= 4 is 33.2 Å². The zero-order valence-corrected chi connectivity index (χ0v) is 15.6. The number of piperazine rings is 1. The third kappa shape index (κ3) is 4.19. The summed E-state index contributed by atoms with van der Waals surface area (Å²) in [5.41, 5.74) is 1.95. The number of thiazole rings is 1. The minimum atomic E-state index is 0.187. The molecule has 23 heavy (non-hydrogen) atoms. The second-order valence-corrected chi connectivity index (χ2v) is 7.42. The number of amides is 1. The van der Waals surface area contributed by atoms with Crippen molar-refractivity contribution in [3.8, 4) is 10.6 Å². The van der Waals surface area contributed by atoms with E-state index in [1.807, 2.05) is 28.5 Å². The maximum atomic E-state index is 12.4. The molecule has 0 spiro atoms. The number of nitrogens with zero attached hydrogens (tertiary/aromatic N) is 3. The van der Waals surface area contributed by atoms with Crippen LogP contribution in [0.2, 0.25) is 0 Å². The third-order valence-corrected chi connectivity index (χ3v) is 5.56. The zero-order valence-electron chi connectivity index (χ0n) is 13.2. The lowest BCUT2D eigenvalue weighted by molar-refractivity contribution is -0.132. The molecule has 4 nitrogen and oxygen atoms in total. The lowest BCUT2D eigenvalue weighted by atomic mass is 10.2. The number of halogens is 1. The summed E-state index contributed by atoms with van der Waals surface area (Å²) in [5, 5.41) is 2.96. The molecule has 0 saturated carbocycles. The Morgan fingerprint density at radius 3 is 2.78 bits per heavy atom. The van der Waals surface area contributed by atoms with Crippen molar-refractivity contribution in [1.82, 2.24) is 14.8 Å². The Hall–Kier alpha value is -1.24. The van der Waals surface area contributed by atoms with Gasteiger partial charge in [-0.25, -0.2) is 4.98 Å². The van der Waals surface area contributed by atoms with E-state index in [-0.39, 0.29) is 5.91 Å². The van der Waals surface area contributed by atoms with Gasteiger partial charge in [0.15, 0.2) is 0 Å². The maximum absolute atomic E-state index is 12.4. The van der Waals surface area contributed by atoms with Crippen LogP contribution >= 0.6 is 27.3 Å². The van der Waals surface area contributed by atoms with Crippen LogP contribution in [0.3, 0.4) is 0 Å². The van der Waals surface area contributed by atoms with Crippen LogP contribution in [0.1, 0.15) is 12.6 Å². The lowest BCUT2D eigenvalue weighted by Crippen LogP contribution is -2.48. The van der Waals surface area contributed by atoms with E-state index in [0.29, 0.717) is 6.42 Å². The highest BCUT2D eigenvalue weighted by Gasteiger charge is 2.21. The van der Waals surface area contributed by atoms with Gasteiger partial charge in [-0.05, 0) is 18.7 Å². The topological polar surface area (TPSA) is 36.4 Å². The molecule has 1 aromatic carbocycles. The predicted octanol–water partition coefficient (Wildman–Crippen LogP) is 3.28. The van der Waals surface area contributed by atoms with E-state index in [1.54, 1.807) is 11.3 Å². The van der Waals surface area contributed by atoms with Crippen molar-refractivity contribution in [1.29, 1.82) is 0 Å². The van der Waals surface area contributed by atoms with Gasteiger partial charge in [-0.1, -0.05) is 35.0 Å². The molecule has 1 aliphatic heterocycles. The molecule has 122 valence electrons. The molecule has 3 rings (SSSR count). The molecule has 1 fully saturated rings. The van der Waals surface area contributed by atoms with Gasteiger partial charge in [-0.3, -0.25) is 4.79 Å². The summed E-state index contributed by atoms with van der Waals surface area (Å²) in [6.07, 6.45) is 0.399. The van der Waals surface area contributed by atoms with Crippen LogP contribution in [0.25, 0.3) is 10.6 Å². The summed E-state index contributed by atoms with van der Waals surface area (Å²) in [6.45, 7) is 6.83. The van der Waals surface area contributed by atoms with E-state index < -0.39 is 0 Å². The van der Waals surface area contributed by atoms with Gasteiger partial charge in [0.1, 0.15) is 5.01 Å². The van der Waals surface area contributed by atoms with Crippen molar-refractivity contribution in [3.63, 3.8) is 0 Å². The van der Waals surface area contributed by atoms with Gasteiger partial charge in [0, 0.05) is 41.6 Å². The van der Waals surface area contributed by atoms with E-state index in [1.165, 1.54) is 0 Å². The molecular weight excluding hydrogens is 374 g/mol. The zero-order chi connectivity index (χ0) is 16.2. The lowest BCUT2D eigenvalue weighted by Gasteiger charge is -2.34. The average molecular weight is 394 g/mol. The monoisotopic (exact) mass is 393 g/mol. The number of rotatable bonds is 4. The smallest absolute Gasteiger partial charge is 0.228 e. The minimum Gasteiger partial charge on any atom is -0.340 e. The quantitative estimate of drug-likeness (QED) is 0.799. The summed E-state index contributed by atoms with van der Waals surface area (Å²) in [6, 6.07) is 8.09. The molecule has 2 aromatic rings. The summed E-state index contributed by atoms with van der Waals surface area (Å²) >= 11 is 5.07. The van der Waals surface area contributed by atoms with Crippen LogP contribution in [0.4, 0.5) is 0 Å². The van der Waals surface area contributed by atoms with Gasteiger partial charge in [0.05, 0.1) is 12.1 Å². The Kier molecular flexibility index (Phi) is 5.46. The fourth-order valence-corrected chi connectivity index (χ4v) is 3.94. The fourth-order valence-electron chi connectivity index (χ4n) is 2.72. The second kappa shape index (κ2) is 7.55. The summed E-state index contributed by atoms with van der Waals surface area (Å²) in [4.78, 5) is 21.4. The Bertz CT molecular complexity index is 680. The molecule has 0 bridgehead atoms. The van der Waals surface area contributed by atoms with Crippen molar-refractivity contribution < 1.29 is 4.79 Å². The van der Waals surface area contributed by atoms with Crippen molar-refractivity contribution in [3.05, 3.63) is 39.8 Å². The number of carbonyl (C=O) groups is 1. The number of benzene rings is 1. The van der Waals surface area contributed by atoms with E-state index in [2.05, 4.69) is 38.8 Å². The molecule has 1 amide bonds. The van der Waals surface area contributed by atoms with Gasteiger partial charge < -0.3 is 9.80 Å². The highest BCUT2D eigenvalue weighted by molar-refractivity contribution is 9.10. The number of likely N-dealkylation sites (N-methyl/N-ethyl adjacent to an activating group) is 1. The largest absolute Gasteiger partial charge is 0.340 e. The highest BCUT2D eigenvalue weighted by Crippen LogP contribution is 2.26. The van der Waals surface area contributed by atoms with Gasteiger partial charge >= 0.3 is 0 Å². The van der Waals surface area contributed by atoms with Crippen molar-refractivity contribution in [2.45, 2.75) is 13.3 Å². The Balaban J connectivity index is 1.62. The first kappa shape index (κ1) is 16.6. The van der Waals surface area contributed by atoms with Crippen LogP contribution in [0.15, 0.2) is 34.1 Å². The summed E-state index contributed by atoms with van der Waals surface area (Å²) in [5.74, 6) is 0.187. The van der Waals surface area contributed by atoms with E-state index in [9.17, 15) is 4.79 Å². The SMILES string of the molecule is CCN1CCN(C(=O)Cc2csc(-c3cccc(Br)c3)n2)CC1. The summed E-state index contributed by atoms with van der Waals surface area (Å²) < 4.78 is 1.04. The minimum absolute atomic E-state index is 0.187. The van der Waals surface area contributed by atoms with Crippen LogP contribution in [0.5, 0.6) is 0 Å². The average Bonchev–Trinajstić information content (AvgIpc) is 3.03. The van der Waals surface area contributed by atoms with Gasteiger partial charge in [0.25, 0.3) is 0 Å². The molecule has 1 aromatic heterocycles. The molecule has 0 unspecified atom stereocenters. The van der Waals surface area contributed by atoms with Gasteiger partial charge in [-0.2, -0.15) is 0 Å². The standard InChI is InChI=1S/C17H20BrN3OS/c1-2-20-6-8-21(9-7-20)16(22)11-15-12-23-17(19-15)13-4-3-5-14(18)10-13/h3-5,10,12H,2,6-9,11H2,1H3. The van der Waals surface area contributed by atoms with Crippen LogP contribution in [-0.4, -0.2) is 53.4 Å². The predicted molar refractivity (Wildman–Crippen MR) is 97.6 cm³/mol. The molecule has 0 radical (unpaired) electrons. The van der Waals surface area contributed by atoms with Gasteiger partial charge in [0.2, 0.25) is 5.91 Å². The first-order chi connectivity index (χ1) is 11.2. The Morgan fingerprint density at radius 1 is 1.30 bits per heavy atom. The van der Waals surface area contributed by atoms with E-state index in [4.69, 9.17) is 0 Å².